The molecule has 0 saturated heterocycles. The second-order valence-electron chi connectivity index (χ2n) is 0. The fraction of sp³-hybridized carbons (Fsp3) is 0. The Morgan fingerprint density at radius 3 is 1.25 bits per heavy atom. The summed E-state index contributed by atoms with van der Waals surface area (Å²) in [7, 11) is 0. The monoisotopic (exact) mass is 324 g/mol. The van der Waals surface area contributed by atoms with Gasteiger partial charge in [0.05, 0.1) is 0 Å². The molecule has 1 nitrogen and oxygen atoms in total. The molecule has 0 heterocycles. The smallest absolute Gasteiger partial charge is 0 e. The van der Waals surface area contributed by atoms with Crippen molar-refractivity contribution in [1.82, 2.24) is 0 Å². The molecule has 0 aromatic carbocycles. The summed E-state index contributed by atoms with van der Waals surface area (Å²) in [5.74, 6) is 0. The van der Waals surface area contributed by atoms with Crippen molar-refractivity contribution in [3.05, 3.63) is 0 Å². The van der Waals surface area contributed by atoms with Crippen LogP contribution in [0.1, 0.15) is 0 Å². The molecule has 0 spiro atoms. The molecule has 0 saturated carbocycles. The maximum atomic E-state index is 8.34. The van der Waals surface area contributed by atoms with Crippen LogP contribution in [-0.2, 0) is 24.8 Å². The largest absolute Gasteiger partial charge is 0 e. The van der Waals surface area contributed by atoms with Gasteiger partial charge in [0, 0.05) is 21.7 Å². The topological polar surface area (TPSA) is 17.1 Å². The fourth-order valence-electron chi connectivity index (χ4n) is 0. The predicted octanol–water partition coefficient (Wildman–Crippen LogP) is -1.42. The zero-order valence-corrected chi connectivity index (χ0v) is 5.82. The quantitative estimate of drug-likeness (QED) is 0.501. The minimum Gasteiger partial charge on any atom is 0 e. The summed E-state index contributed by atoms with van der Waals surface area (Å²) in [6.07, 6.45) is 0. The van der Waals surface area contributed by atoms with Gasteiger partial charge in [0.1, 0.15) is 0 Å². The molecular formula is H2BaOSnTi. The first-order valence-corrected chi connectivity index (χ1v) is 1.37. The van der Waals surface area contributed by atoms with Crippen molar-refractivity contribution in [3.63, 3.8) is 0 Å². The van der Waals surface area contributed by atoms with E-state index in [0.29, 0.717) is 22.5 Å². The van der Waals surface area contributed by atoms with E-state index >= 15 is 0 Å². The summed E-state index contributed by atoms with van der Waals surface area (Å²) in [5, 5.41) is 0. The van der Waals surface area contributed by atoms with Gasteiger partial charge in [0.25, 0.3) is 0 Å². The van der Waals surface area contributed by atoms with Gasteiger partial charge in [-0.25, -0.2) is 0 Å². The molecular weight excluding hydrogens is 320 g/mol. The number of hydrogen-bond acceptors (Lipinski definition) is 1. The van der Waals surface area contributed by atoms with Crippen LogP contribution in [-0.4, -0.2) is 71.4 Å². The van der Waals surface area contributed by atoms with Crippen molar-refractivity contribution in [2.75, 3.05) is 0 Å². The van der Waals surface area contributed by atoms with Crippen LogP contribution in [0.4, 0.5) is 0 Å². The average molecular weight is 322 g/mol. The molecule has 0 amide bonds. The molecule has 2 radical (unpaired) electrons. The fourth-order valence-corrected chi connectivity index (χ4v) is 0. The van der Waals surface area contributed by atoms with E-state index < -0.39 is 0 Å². The minimum atomic E-state index is 0. The Bertz CT molecular complexity index is 8.00. The Balaban J connectivity index is -0.00000000500. The Kier molecular flexibility index (Phi) is 66.6. The molecule has 0 rings (SSSR count). The average Bonchev–Trinajstić information content (AvgIpc) is 1.00. The van der Waals surface area contributed by atoms with Gasteiger partial charge in [0.15, 0.2) is 0 Å². The summed E-state index contributed by atoms with van der Waals surface area (Å²) in [6.45, 7) is 0. The maximum Gasteiger partial charge on any atom is 0 e. The third kappa shape index (κ3) is 8.86. The van der Waals surface area contributed by atoms with E-state index in [-0.39, 0.29) is 70.6 Å². The van der Waals surface area contributed by atoms with E-state index in [1.165, 1.54) is 0 Å². The van der Waals surface area contributed by atoms with Crippen LogP contribution in [0, 0.1) is 0 Å². The summed E-state index contributed by atoms with van der Waals surface area (Å²) < 4.78 is 8.34. The van der Waals surface area contributed by atoms with E-state index in [9.17, 15) is 0 Å². The normalized spacial score (nSPS) is 1.00. The van der Waals surface area contributed by atoms with Crippen LogP contribution in [0.5, 0.6) is 0 Å². The zero-order valence-electron chi connectivity index (χ0n) is 1.41. The molecule has 0 fully saturated rings. The van der Waals surface area contributed by atoms with Gasteiger partial charge in [-0.1, -0.05) is 0 Å². The molecule has 0 aliphatic heterocycles. The molecule has 4 heteroatoms. The van der Waals surface area contributed by atoms with Crippen molar-refractivity contribution in [2.45, 2.75) is 0 Å². The van der Waals surface area contributed by atoms with Crippen molar-refractivity contribution in [1.29, 1.82) is 0 Å². The van der Waals surface area contributed by atoms with Crippen molar-refractivity contribution in [3.8, 4) is 0 Å². The van der Waals surface area contributed by atoms with E-state index in [1.54, 1.807) is 0 Å². The third-order valence-corrected chi connectivity index (χ3v) is 0. The Morgan fingerprint density at radius 2 is 1.25 bits per heavy atom. The van der Waals surface area contributed by atoms with Crippen LogP contribution < -0.4 is 0 Å². The standard InChI is InChI=1S/Ba.O.Sn.Ti.2H. The molecule has 0 aromatic rings. The summed E-state index contributed by atoms with van der Waals surface area (Å²) in [5.41, 5.74) is 0. The first kappa shape index (κ1) is 15.8. The van der Waals surface area contributed by atoms with E-state index in [1.807, 2.05) is 0 Å². The second kappa shape index (κ2) is 16.9. The molecule has 0 aromatic heterocycles. The maximum absolute atomic E-state index is 8.34. The summed E-state index contributed by atoms with van der Waals surface area (Å²) in [6, 6.07) is 0. The Hall–Kier alpha value is 2.88. The first-order chi connectivity index (χ1) is 1.00. The van der Waals surface area contributed by atoms with Crippen LogP contribution in [0.3, 0.4) is 0 Å². The van der Waals surface area contributed by atoms with Gasteiger partial charge in [-0.15, -0.1) is 0 Å². The van der Waals surface area contributed by atoms with Crippen LogP contribution in [0.25, 0.3) is 0 Å². The van der Waals surface area contributed by atoms with Gasteiger partial charge < -0.3 is 0 Å². The predicted molar refractivity (Wildman–Crippen MR) is 15.0 cm³/mol. The SMILES string of the molecule is [BaH2].[O]=[Sn].[Ti]. The van der Waals surface area contributed by atoms with Gasteiger partial charge >= 0.3 is 74.5 Å². The molecule has 0 aliphatic rings. The Labute approximate surface area is 93.7 Å². The van der Waals surface area contributed by atoms with Crippen LogP contribution in [0.15, 0.2) is 0 Å². The van der Waals surface area contributed by atoms with Crippen molar-refractivity contribution < 1.29 is 24.8 Å². The van der Waals surface area contributed by atoms with Gasteiger partial charge in [-0.05, 0) is 0 Å². The minimum absolute atomic E-state index is 0. The third-order valence-electron chi connectivity index (χ3n) is 0. The van der Waals surface area contributed by atoms with Gasteiger partial charge in [-0.2, -0.15) is 0 Å². The molecule has 4 heavy (non-hydrogen) atoms. The summed E-state index contributed by atoms with van der Waals surface area (Å²) >= 11 is 0.300. The molecule has 18 valence electrons. The zero-order chi connectivity index (χ0) is 2.00. The van der Waals surface area contributed by atoms with Gasteiger partial charge in [-0.3, -0.25) is 0 Å². The van der Waals surface area contributed by atoms with Crippen molar-refractivity contribution in [2.24, 2.45) is 0 Å². The number of hydrogen-bond donors (Lipinski definition) is 0. The second-order valence-corrected chi connectivity index (χ2v) is 0. The van der Waals surface area contributed by atoms with Gasteiger partial charge in [0.2, 0.25) is 0 Å². The first-order valence-electron chi connectivity index (χ1n) is 0.204. The molecule has 0 aliphatic carbocycles. The van der Waals surface area contributed by atoms with E-state index in [4.69, 9.17) is 3.08 Å². The molecule has 0 unspecified atom stereocenters. The number of rotatable bonds is 0. The Morgan fingerprint density at radius 1 is 1.25 bits per heavy atom. The van der Waals surface area contributed by atoms with Crippen LogP contribution in [0.2, 0.25) is 0 Å². The van der Waals surface area contributed by atoms with E-state index in [0.717, 1.165) is 0 Å². The van der Waals surface area contributed by atoms with E-state index in [2.05, 4.69) is 0 Å². The molecule has 0 bridgehead atoms. The molecule has 0 N–H and O–H groups in total. The molecule has 0 atom stereocenters. The van der Waals surface area contributed by atoms with Crippen molar-refractivity contribution >= 4 is 71.4 Å². The van der Waals surface area contributed by atoms with Crippen LogP contribution >= 0.6 is 0 Å². The summed E-state index contributed by atoms with van der Waals surface area (Å²) in [4.78, 5) is 0.